The van der Waals surface area contributed by atoms with Crippen molar-refractivity contribution < 1.29 is 9.32 Å². The predicted molar refractivity (Wildman–Crippen MR) is 92.0 cm³/mol. The number of nitrogens with one attached hydrogen (secondary N) is 1. The number of hydrogen-bond donors (Lipinski definition) is 1. The molecule has 0 spiro atoms. The van der Waals surface area contributed by atoms with Crippen LogP contribution in [0.3, 0.4) is 0 Å². The first-order valence-corrected chi connectivity index (χ1v) is 9.04. The Hall–Kier alpha value is -1.46. The number of amides is 1. The van der Waals surface area contributed by atoms with Crippen LogP contribution in [0.25, 0.3) is 0 Å². The lowest BCUT2D eigenvalue weighted by molar-refractivity contribution is -0.121. The molecule has 0 radical (unpaired) electrons. The van der Waals surface area contributed by atoms with Gasteiger partial charge in [-0.15, -0.1) is 11.8 Å². The van der Waals surface area contributed by atoms with Crippen LogP contribution in [0.15, 0.2) is 27.6 Å². The van der Waals surface area contributed by atoms with Gasteiger partial charge >= 0.3 is 0 Å². The molecule has 1 aromatic heterocycles. The smallest absolute Gasteiger partial charge is 0.220 e. The summed E-state index contributed by atoms with van der Waals surface area (Å²) in [7, 11) is 0. The van der Waals surface area contributed by atoms with E-state index >= 15 is 0 Å². The highest BCUT2D eigenvalue weighted by Crippen LogP contribution is 2.37. The van der Waals surface area contributed by atoms with E-state index < -0.39 is 0 Å². The van der Waals surface area contributed by atoms with E-state index in [1.54, 1.807) is 0 Å². The number of fused-ring (bicyclic) bond motifs is 1. The normalized spacial score (nSPS) is 16.9. The van der Waals surface area contributed by atoms with E-state index in [4.69, 9.17) is 16.1 Å². The van der Waals surface area contributed by atoms with Gasteiger partial charge in [0.1, 0.15) is 5.76 Å². The van der Waals surface area contributed by atoms with Gasteiger partial charge in [0.15, 0.2) is 0 Å². The molecule has 0 fully saturated rings. The van der Waals surface area contributed by atoms with E-state index in [1.807, 2.05) is 43.8 Å². The first-order valence-electron chi connectivity index (χ1n) is 7.68. The first kappa shape index (κ1) is 16.4. The second-order valence-corrected chi connectivity index (χ2v) is 7.32. The maximum absolute atomic E-state index is 12.3. The quantitative estimate of drug-likeness (QED) is 0.896. The maximum atomic E-state index is 12.3. The van der Waals surface area contributed by atoms with Crippen LogP contribution < -0.4 is 5.32 Å². The summed E-state index contributed by atoms with van der Waals surface area (Å²) in [5.74, 6) is 1.85. The minimum atomic E-state index is 0.0436. The van der Waals surface area contributed by atoms with Gasteiger partial charge in [0, 0.05) is 27.7 Å². The molecule has 23 heavy (non-hydrogen) atoms. The third-order valence-electron chi connectivity index (χ3n) is 4.13. The number of nitrogens with zero attached hydrogens (tertiary/aromatic N) is 1. The van der Waals surface area contributed by atoms with Gasteiger partial charge < -0.3 is 9.84 Å². The molecule has 0 bridgehead atoms. The number of thioether (sulfide) groups is 1. The highest BCUT2D eigenvalue weighted by molar-refractivity contribution is 7.99. The molecule has 3 rings (SSSR count). The lowest BCUT2D eigenvalue weighted by Crippen LogP contribution is -2.30. The Morgan fingerprint density at radius 2 is 2.30 bits per heavy atom. The second-order valence-electron chi connectivity index (χ2n) is 5.74. The summed E-state index contributed by atoms with van der Waals surface area (Å²) in [5.41, 5.74) is 3.02. The van der Waals surface area contributed by atoms with Crippen LogP contribution >= 0.6 is 23.4 Å². The molecule has 1 unspecified atom stereocenters. The summed E-state index contributed by atoms with van der Waals surface area (Å²) in [6.07, 6.45) is 2.01. The third-order valence-corrected chi connectivity index (χ3v) is 5.49. The van der Waals surface area contributed by atoms with Crippen LogP contribution in [0.5, 0.6) is 0 Å². The lowest BCUT2D eigenvalue weighted by Gasteiger charge is -2.26. The summed E-state index contributed by atoms with van der Waals surface area (Å²) in [6, 6.07) is 5.93. The second kappa shape index (κ2) is 6.97. The number of benzene rings is 1. The van der Waals surface area contributed by atoms with Crippen LogP contribution in [0, 0.1) is 13.8 Å². The molecule has 2 heterocycles. The van der Waals surface area contributed by atoms with Crippen LogP contribution in [-0.4, -0.2) is 16.8 Å². The molecule has 2 aromatic rings. The Morgan fingerprint density at radius 3 is 3.04 bits per heavy atom. The minimum absolute atomic E-state index is 0.0436. The van der Waals surface area contributed by atoms with Gasteiger partial charge in [-0.05, 0) is 50.5 Å². The van der Waals surface area contributed by atoms with Crippen molar-refractivity contribution in [2.24, 2.45) is 0 Å². The molecule has 1 aliphatic rings. The molecule has 122 valence electrons. The summed E-state index contributed by atoms with van der Waals surface area (Å²) < 4.78 is 5.14. The molecule has 1 N–H and O–H groups in total. The molecule has 0 aliphatic carbocycles. The van der Waals surface area contributed by atoms with Gasteiger partial charge in [-0.3, -0.25) is 4.79 Å². The molecule has 1 aromatic carbocycles. The van der Waals surface area contributed by atoms with Gasteiger partial charge in [0.05, 0.1) is 11.7 Å². The average molecular weight is 351 g/mol. The van der Waals surface area contributed by atoms with Crippen LogP contribution in [0.1, 0.15) is 41.5 Å². The summed E-state index contributed by atoms with van der Waals surface area (Å²) >= 11 is 7.92. The zero-order valence-corrected chi connectivity index (χ0v) is 14.8. The maximum Gasteiger partial charge on any atom is 0.220 e. The van der Waals surface area contributed by atoms with Crippen LogP contribution in [0.4, 0.5) is 0 Å². The topological polar surface area (TPSA) is 55.1 Å². The Balaban J connectivity index is 1.64. The molecule has 4 nitrogen and oxygen atoms in total. The Kier molecular flexibility index (Phi) is 4.97. The van der Waals surface area contributed by atoms with E-state index in [9.17, 15) is 4.79 Å². The molecule has 1 atom stereocenters. The van der Waals surface area contributed by atoms with E-state index in [2.05, 4.69) is 10.5 Å². The van der Waals surface area contributed by atoms with Crippen molar-refractivity contribution in [2.45, 2.75) is 44.0 Å². The van der Waals surface area contributed by atoms with Crippen molar-refractivity contribution in [3.05, 3.63) is 45.8 Å². The number of carbonyl (C=O) groups is 1. The van der Waals surface area contributed by atoms with Crippen molar-refractivity contribution in [3.8, 4) is 0 Å². The lowest BCUT2D eigenvalue weighted by atomic mass is 10.0. The number of aromatic nitrogens is 1. The summed E-state index contributed by atoms with van der Waals surface area (Å²) in [5, 5.41) is 7.78. The summed E-state index contributed by atoms with van der Waals surface area (Å²) in [4.78, 5) is 13.5. The van der Waals surface area contributed by atoms with Gasteiger partial charge in [0.25, 0.3) is 0 Å². The van der Waals surface area contributed by atoms with Crippen LogP contribution in [0.2, 0.25) is 5.02 Å². The van der Waals surface area contributed by atoms with Gasteiger partial charge in [-0.2, -0.15) is 0 Å². The van der Waals surface area contributed by atoms with Crippen molar-refractivity contribution in [3.63, 3.8) is 0 Å². The van der Waals surface area contributed by atoms with Gasteiger partial charge in [-0.1, -0.05) is 16.8 Å². The zero-order chi connectivity index (χ0) is 16.4. The average Bonchev–Trinajstić information content (AvgIpc) is 2.84. The number of hydrogen-bond acceptors (Lipinski definition) is 4. The highest BCUT2D eigenvalue weighted by Gasteiger charge is 2.23. The van der Waals surface area contributed by atoms with Crippen molar-refractivity contribution in [2.75, 3.05) is 5.75 Å². The standard InChI is InChI=1S/C17H19ClN2O2S/c1-10-13(11(2)22-20-10)4-6-17(21)19-15-7-8-23-16-5-3-12(18)9-14(15)16/h3,5,9,15H,4,6-8H2,1-2H3,(H,19,21). The van der Waals surface area contributed by atoms with Crippen molar-refractivity contribution in [1.29, 1.82) is 0 Å². The van der Waals surface area contributed by atoms with Gasteiger partial charge in [-0.25, -0.2) is 0 Å². The highest BCUT2D eigenvalue weighted by atomic mass is 35.5. The van der Waals surface area contributed by atoms with Gasteiger partial charge in [0.2, 0.25) is 5.91 Å². The molecule has 6 heteroatoms. The monoisotopic (exact) mass is 350 g/mol. The molecule has 0 saturated carbocycles. The largest absolute Gasteiger partial charge is 0.361 e. The van der Waals surface area contributed by atoms with E-state index in [1.165, 1.54) is 4.90 Å². The number of rotatable bonds is 4. The van der Waals surface area contributed by atoms with E-state index in [-0.39, 0.29) is 11.9 Å². The third kappa shape index (κ3) is 3.72. The fourth-order valence-electron chi connectivity index (χ4n) is 2.88. The van der Waals surface area contributed by atoms with Crippen molar-refractivity contribution in [1.82, 2.24) is 10.5 Å². The molecule has 1 amide bonds. The SMILES string of the molecule is Cc1noc(C)c1CCC(=O)NC1CCSc2ccc(Cl)cc21. The minimum Gasteiger partial charge on any atom is -0.361 e. The molecular weight excluding hydrogens is 332 g/mol. The Morgan fingerprint density at radius 1 is 1.48 bits per heavy atom. The molecule has 0 saturated heterocycles. The summed E-state index contributed by atoms with van der Waals surface area (Å²) in [6.45, 7) is 3.78. The Labute approximate surface area is 145 Å². The fraction of sp³-hybridized carbons (Fsp3) is 0.412. The molecule has 1 aliphatic heterocycles. The zero-order valence-electron chi connectivity index (χ0n) is 13.2. The number of carbonyl (C=O) groups excluding carboxylic acids is 1. The van der Waals surface area contributed by atoms with E-state index in [0.717, 1.165) is 34.8 Å². The first-order chi connectivity index (χ1) is 11.0. The predicted octanol–water partition coefficient (Wildman–Crippen LogP) is 4.23. The number of aryl methyl sites for hydroxylation is 2. The Bertz CT molecular complexity index is 710. The van der Waals surface area contributed by atoms with Crippen molar-refractivity contribution >= 4 is 29.3 Å². The van der Waals surface area contributed by atoms with E-state index in [0.29, 0.717) is 17.9 Å². The fourth-order valence-corrected chi connectivity index (χ4v) is 4.17. The number of halogens is 1. The van der Waals surface area contributed by atoms with Crippen LogP contribution in [-0.2, 0) is 11.2 Å². The molecular formula is C17H19ClN2O2S.